The topological polar surface area (TPSA) is 86.8 Å². The van der Waals surface area contributed by atoms with E-state index in [2.05, 4.69) is 5.32 Å². The maximum atomic E-state index is 13.6. The van der Waals surface area contributed by atoms with E-state index in [0.717, 1.165) is 16.1 Å². The van der Waals surface area contributed by atoms with E-state index >= 15 is 0 Å². The maximum Gasteiger partial charge on any atom is 0.244 e. The minimum absolute atomic E-state index is 0.102. The maximum absolute atomic E-state index is 13.6. The van der Waals surface area contributed by atoms with Gasteiger partial charge in [0.05, 0.1) is 17.0 Å². The zero-order chi connectivity index (χ0) is 26.4. The van der Waals surface area contributed by atoms with E-state index in [1.54, 1.807) is 0 Å². The lowest BCUT2D eigenvalue weighted by Crippen LogP contribution is -2.56. The number of sulfonamides is 1. The van der Waals surface area contributed by atoms with Gasteiger partial charge in [0.25, 0.3) is 0 Å². The minimum atomic E-state index is -3.89. The van der Waals surface area contributed by atoms with Crippen molar-refractivity contribution < 1.29 is 18.0 Å². The summed E-state index contributed by atoms with van der Waals surface area (Å²) in [6.45, 7) is 7.12. The largest absolute Gasteiger partial charge is 0.350 e. The highest BCUT2D eigenvalue weighted by molar-refractivity contribution is 7.92. The quantitative estimate of drug-likeness (QED) is 0.478. The molecule has 0 aliphatic carbocycles. The third-order valence-corrected chi connectivity index (χ3v) is 6.91. The van der Waals surface area contributed by atoms with E-state index in [9.17, 15) is 18.0 Å². The Morgan fingerprint density at radius 3 is 2.23 bits per heavy atom. The molecule has 1 atom stereocenters. The SMILES string of the molecule is CCC(C(=O)NC(C)(C)C)N(CCc1ccccc1)C(=O)CN(c1cc(Cl)ccc1Cl)S(C)(=O)=O. The molecule has 0 aromatic heterocycles. The van der Waals surface area contributed by atoms with E-state index in [1.165, 1.54) is 23.1 Å². The fourth-order valence-corrected chi connectivity index (χ4v) is 4.91. The molecule has 0 saturated carbocycles. The number of halogens is 2. The van der Waals surface area contributed by atoms with Crippen LogP contribution in [0, 0.1) is 0 Å². The minimum Gasteiger partial charge on any atom is -0.350 e. The molecule has 0 aliphatic rings. The smallest absolute Gasteiger partial charge is 0.244 e. The summed E-state index contributed by atoms with van der Waals surface area (Å²) in [6, 6.07) is 13.2. The number of benzene rings is 2. The highest BCUT2D eigenvalue weighted by Gasteiger charge is 2.33. The van der Waals surface area contributed by atoms with Gasteiger partial charge in [-0.1, -0.05) is 60.5 Å². The first-order valence-corrected chi connectivity index (χ1v) is 13.9. The third kappa shape index (κ3) is 8.70. The molecule has 35 heavy (non-hydrogen) atoms. The molecule has 0 saturated heterocycles. The van der Waals surface area contributed by atoms with Crippen LogP contribution in [0.4, 0.5) is 5.69 Å². The summed E-state index contributed by atoms with van der Waals surface area (Å²) in [6.07, 6.45) is 1.86. The van der Waals surface area contributed by atoms with Gasteiger partial charge in [-0.15, -0.1) is 0 Å². The first-order valence-electron chi connectivity index (χ1n) is 11.3. The number of hydrogen-bond acceptors (Lipinski definition) is 4. The van der Waals surface area contributed by atoms with Crippen molar-refractivity contribution in [2.45, 2.75) is 52.1 Å². The Labute approximate surface area is 218 Å². The van der Waals surface area contributed by atoms with Crippen LogP contribution in [-0.2, 0) is 26.0 Å². The summed E-state index contributed by atoms with van der Waals surface area (Å²) in [7, 11) is -3.89. The van der Waals surface area contributed by atoms with Crippen LogP contribution < -0.4 is 9.62 Å². The molecule has 2 amide bonds. The standard InChI is InChI=1S/C25H33Cl2N3O4S/c1-6-21(24(32)28-25(2,3)4)29(15-14-18-10-8-7-9-11-18)23(31)17-30(35(5,33)34)22-16-19(26)12-13-20(22)27/h7-13,16,21H,6,14-15,17H2,1-5H3,(H,28,32). The number of hydrogen-bond donors (Lipinski definition) is 1. The van der Waals surface area contributed by atoms with Crippen LogP contribution in [0.3, 0.4) is 0 Å². The van der Waals surface area contributed by atoms with Crippen molar-refractivity contribution in [1.82, 2.24) is 10.2 Å². The Bertz CT molecular complexity index is 1140. The van der Waals surface area contributed by atoms with E-state index < -0.39 is 34.1 Å². The molecule has 0 spiro atoms. The van der Waals surface area contributed by atoms with Gasteiger partial charge in [-0.2, -0.15) is 0 Å². The van der Waals surface area contributed by atoms with Crippen LogP contribution in [0.15, 0.2) is 48.5 Å². The molecule has 0 heterocycles. The number of nitrogens with one attached hydrogen (secondary N) is 1. The van der Waals surface area contributed by atoms with Gasteiger partial charge < -0.3 is 10.2 Å². The number of rotatable bonds is 10. The van der Waals surface area contributed by atoms with Crippen molar-refractivity contribution in [2.75, 3.05) is 23.7 Å². The first-order chi connectivity index (χ1) is 16.2. The van der Waals surface area contributed by atoms with Crippen molar-refractivity contribution >= 4 is 50.7 Å². The van der Waals surface area contributed by atoms with Gasteiger partial charge in [0.1, 0.15) is 12.6 Å². The second kappa shape index (κ2) is 12.1. The second-order valence-electron chi connectivity index (χ2n) is 9.35. The highest BCUT2D eigenvalue weighted by Crippen LogP contribution is 2.31. The van der Waals surface area contributed by atoms with Crippen LogP contribution in [0.2, 0.25) is 10.0 Å². The van der Waals surface area contributed by atoms with Gasteiger partial charge in [0.2, 0.25) is 21.8 Å². The summed E-state index contributed by atoms with van der Waals surface area (Å²) < 4.78 is 26.3. The molecule has 1 N–H and O–H groups in total. The molecule has 192 valence electrons. The van der Waals surface area contributed by atoms with Gasteiger partial charge >= 0.3 is 0 Å². The van der Waals surface area contributed by atoms with Crippen LogP contribution in [0.5, 0.6) is 0 Å². The normalized spacial score (nSPS) is 12.7. The summed E-state index contributed by atoms with van der Waals surface area (Å²) >= 11 is 12.3. The van der Waals surface area contributed by atoms with Crippen molar-refractivity contribution in [2.24, 2.45) is 0 Å². The van der Waals surface area contributed by atoms with Crippen molar-refractivity contribution in [1.29, 1.82) is 0 Å². The van der Waals surface area contributed by atoms with Crippen molar-refractivity contribution in [3.8, 4) is 0 Å². The fraction of sp³-hybridized carbons (Fsp3) is 0.440. The lowest BCUT2D eigenvalue weighted by molar-refractivity contribution is -0.140. The molecule has 0 radical (unpaired) electrons. The average molecular weight is 543 g/mol. The highest BCUT2D eigenvalue weighted by atomic mass is 35.5. The zero-order valence-electron chi connectivity index (χ0n) is 20.7. The van der Waals surface area contributed by atoms with E-state index in [1.807, 2.05) is 58.0 Å². The van der Waals surface area contributed by atoms with Crippen molar-refractivity contribution in [3.63, 3.8) is 0 Å². The molecule has 1 unspecified atom stereocenters. The van der Waals surface area contributed by atoms with Gasteiger partial charge in [0.15, 0.2) is 0 Å². The second-order valence-corrected chi connectivity index (χ2v) is 12.1. The predicted octanol–water partition coefficient (Wildman–Crippen LogP) is 4.52. The lowest BCUT2D eigenvalue weighted by atomic mass is 10.1. The lowest BCUT2D eigenvalue weighted by Gasteiger charge is -2.34. The Kier molecular flexibility index (Phi) is 10.0. The Morgan fingerprint density at radius 1 is 1.06 bits per heavy atom. The number of nitrogens with zero attached hydrogens (tertiary/aromatic N) is 2. The molecular weight excluding hydrogens is 509 g/mol. The molecular formula is C25H33Cl2N3O4S. The molecule has 2 aromatic carbocycles. The molecule has 2 aromatic rings. The monoisotopic (exact) mass is 541 g/mol. The first kappa shape index (κ1) is 28.9. The summed E-state index contributed by atoms with van der Waals surface area (Å²) in [5, 5.41) is 3.35. The molecule has 10 heteroatoms. The molecule has 7 nitrogen and oxygen atoms in total. The molecule has 0 bridgehead atoms. The van der Waals surface area contributed by atoms with Crippen LogP contribution >= 0.6 is 23.2 Å². The number of anilines is 1. The van der Waals surface area contributed by atoms with Gasteiger partial charge in [-0.05, 0) is 57.4 Å². The number of amides is 2. The number of carbonyl (C=O) groups is 2. The molecule has 2 rings (SSSR count). The van der Waals surface area contributed by atoms with E-state index in [0.29, 0.717) is 12.8 Å². The third-order valence-electron chi connectivity index (χ3n) is 5.22. The molecule has 0 fully saturated rings. The Balaban J connectivity index is 2.42. The fourth-order valence-electron chi connectivity index (χ4n) is 3.62. The van der Waals surface area contributed by atoms with Crippen molar-refractivity contribution in [3.05, 3.63) is 64.1 Å². The van der Waals surface area contributed by atoms with Crippen LogP contribution in [-0.4, -0.2) is 56.1 Å². The summed E-state index contributed by atoms with van der Waals surface area (Å²) in [5.41, 5.74) is 0.602. The average Bonchev–Trinajstić information content (AvgIpc) is 2.75. The summed E-state index contributed by atoms with van der Waals surface area (Å²) in [5.74, 6) is -0.814. The van der Waals surface area contributed by atoms with Gasteiger partial charge in [-0.25, -0.2) is 8.42 Å². The number of carbonyl (C=O) groups excluding carboxylic acids is 2. The van der Waals surface area contributed by atoms with Gasteiger partial charge in [-0.3, -0.25) is 13.9 Å². The zero-order valence-corrected chi connectivity index (χ0v) is 23.0. The Morgan fingerprint density at radius 2 is 1.69 bits per heavy atom. The van der Waals surface area contributed by atoms with E-state index in [-0.39, 0.29) is 28.2 Å². The summed E-state index contributed by atoms with van der Waals surface area (Å²) in [4.78, 5) is 28.2. The van der Waals surface area contributed by atoms with E-state index in [4.69, 9.17) is 23.2 Å². The van der Waals surface area contributed by atoms with Gasteiger partial charge in [0, 0.05) is 17.1 Å². The molecule has 0 aliphatic heterocycles. The van der Waals surface area contributed by atoms with Crippen LogP contribution in [0.1, 0.15) is 39.7 Å². The van der Waals surface area contributed by atoms with Crippen LogP contribution in [0.25, 0.3) is 0 Å². The predicted molar refractivity (Wildman–Crippen MR) is 142 cm³/mol. The Hall–Kier alpha value is -2.29.